The molecule has 70 valence electrons. The SMILES string of the molecule is NC1(Cc2ccc(F)cc2Br)CC1. The first kappa shape index (κ1) is 9.16. The normalized spacial score (nSPS) is 18.7. The van der Waals surface area contributed by atoms with E-state index >= 15 is 0 Å². The van der Waals surface area contributed by atoms with Gasteiger partial charge >= 0.3 is 0 Å². The molecule has 0 unspecified atom stereocenters. The number of nitrogens with two attached hydrogens (primary N) is 1. The molecule has 13 heavy (non-hydrogen) atoms. The lowest BCUT2D eigenvalue weighted by Crippen LogP contribution is -2.24. The molecule has 1 aliphatic rings. The first-order valence-electron chi connectivity index (χ1n) is 4.32. The number of hydrogen-bond acceptors (Lipinski definition) is 1. The molecule has 0 aromatic heterocycles. The summed E-state index contributed by atoms with van der Waals surface area (Å²) in [5.74, 6) is -0.211. The highest BCUT2D eigenvalue weighted by Crippen LogP contribution is 2.37. The van der Waals surface area contributed by atoms with E-state index in [2.05, 4.69) is 15.9 Å². The Morgan fingerprint density at radius 1 is 1.46 bits per heavy atom. The van der Waals surface area contributed by atoms with Crippen molar-refractivity contribution in [3.05, 3.63) is 34.1 Å². The summed E-state index contributed by atoms with van der Waals surface area (Å²) < 4.78 is 13.6. The third kappa shape index (κ3) is 2.09. The van der Waals surface area contributed by atoms with Crippen molar-refractivity contribution in [3.63, 3.8) is 0 Å². The van der Waals surface area contributed by atoms with Crippen molar-refractivity contribution in [1.82, 2.24) is 0 Å². The van der Waals surface area contributed by atoms with Crippen molar-refractivity contribution in [2.24, 2.45) is 5.73 Å². The van der Waals surface area contributed by atoms with Gasteiger partial charge in [-0.05, 0) is 37.0 Å². The lowest BCUT2D eigenvalue weighted by atomic mass is 10.1. The maximum atomic E-state index is 12.7. The highest BCUT2D eigenvalue weighted by molar-refractivity contribution is 9.10. The molecule has 3 heteroatoms. The van der Waals surface area contributed by atoms with Crippen molar-refractivity contribution >= 4 is 15.9 Å². The summed E-state index contributed by atoms with van der Waals surface area (Å²) >= 11 is 3.33. The summed E-state index contributed by atoms with van der Waals surface area (Å²) in [6, 6.07) is 4.76. The van der Waals surface area contributed by atoms with Crippen LogP contribution in [0.1, 0.15) is 18.4 Å². The van der Waals surface area contributed by atoms with Crippen LogP contribution in [0.5, 0.6) is 0 Å². The van der Waals surface area contributed by atoms with Gasteiger partial charge in [-0.15, -0.1) is 0 Å². The summed E-state index contributed by atoms with van der Waals surface area (Å²) in [5.41, 5.74) is 7.06. The average molecular weight is 244 g/mol. The number of benzene rings is 1. The molecule has 1 aliphatic carbocycles. The second-order valence-electron chi connectivity index (χ2n) is 3.77. The Hall–Kier alpha value is -0.410. The maximum Gasteiger partial charge on any atom is 0.124 e. The van der Waals surface area contributed by atoms with Crippen LogP contribution in [0, 0.1) is 5.82 Å². The molecule has 0 saturated heterocycles. The van der Waals surface area contributed by atoms with E-state index in [1.165, 1.54) is 12.1 Å². The van der Waals surface area contributed by atoms with Gasteiger partial charge in [0.2, 0.25) is 0 Å². The first-order valence-corrected chi connectivity index (χ1v) is 5.11. The molecule has 0 radical (unpaired) electrons. The van der Waals surface area contributed by atoms with E-state index in [4.69, 9.17) is 5.73 Å². The predicted molar refractivity (Wildman–Crippen MR) is 54.0 cm³/mol. The predicted octanol–water partition coefficient (Wildman–Crippen LogP) is 2.62. The van der Waals surface area contributed by atoms with Crippen LogP contribution in [0.3, 0.4) is 0 Å². The second kappa shape index (κ2) is 3.07. The van der Waals surface area contributed by atoms with Crippen molar-refractivity contribution in [3.8, 4) is 0 Å². The zero-order valence-electron chi connectivity index (χ0n) is 7.19. The Bertz CT molecular complexity index is 334. The van der Waals surface area contributed by atoms with Crippen LogP contribution in [-0.4, -0.2) is 5.54 Å². The molecule has 0 aliphatic heterocycles. The molecule has 1 nitrogen and oxygen atoms in total. The number of halogens is 2. The largest absolute Gasteiger partial charge is 0.325 e. The van der Waals surface area contributed by atoms with Crippen LogP contribution in [0.25, 0.3) is 0 Å². The van der Waals surface area contributed by atoms with Crippen molar-refractivity contribution < 1.29 is 4.39 Å². The van der Waals surface area contributed by atoms with Crippen LogP contribution < -0.4 is 5.73 Å². The van der Waals surface area contributed by atoms with E-state index in [0.717, 1.165) is 29.3 Å². The summed E-state index contributed by atoms with van der Waals surface area (Å²) in [6.45, 7) is 0. The average Bonchev–Trinajstić information content (AvgIpc) is 2.75. The second-order valence-corrected chi connectivity index (χ2v) is 4.63. The van der Waals surface area contributed by atoms with Crippen LogP contribution >= 0.6 is 15.9 Å². The molecule has 2 N–H and O–H groups in total. The third-order valence-electron chi connectivity index (χ3n) is 2.45. The molecule has 1 aromatic rings. The lowest BCUT2D eigenvalue weighted by Gasteiger charge is -2.09. The highest BCUT2D eigenvalue weighted by Gasteiger charge is 2.38. The first-order chi connectivity index (χ1) is 6.09. The van der Waals surface area contributed by atoms with Gasteiger partial charge in [0.1, 0.15) is 5.82 Å². The highest BCUT2D eigenvalue weighted by atomic mass is 79.9. The summed E-state index contributed by atoms with van der Waals surface area (Å²) in [5, 5.41) is 0. The summed E-state index contributed by atoms with van der Waals surface area (Å²) in [6.07, 6.45) is 3.00. The Kier molecular flexibility index (Phi) is 2.16. The van der Waals surface area contributed by atoms with Crippen LogP contribution in [0.2, 0.25) is 0 Å². The number of rotatable bonds is 2. The van der Waals surface area contributed by atoms with E-state index in [-0.39, 0.29) is 11.4 Å². The fourth-order valence-corrected chi connectivity index (χ4v) is 1.87. The van der Waals surface area contributed by atoms with Gasteiger partial charge in [-0.2, -0.15) is 0 Å². The molecule has 1 fully saturated rings. The van der Waals surface area contributed by atoms with Gasteiger partial charge in [0.15, 0.2) is 0 Å². The van der Waals surface area contributed by atoms with Crippen LogP contribution in [-0.2, 0) is 6.42 Å². The Balaban J connectivity index is 2.20. The minimum absolute atomic E-state index is 0.0135. The lowest BCUT2D eigenvalue weighted by molar-refractivity contribution is 0.622. The Morgan fingerprint density at radius 3 is 2.69 bits per heavy atom. The molecule has 0 atom stereocenters. The zero-order valence-corrected chi connectivity index (χ0v) is 8.77. The van der Waals surface area contributed by atoms with Crippen molar-refractivity contribution in [1.29, 1.82) is 0 Å². The molecule has 0 heterocycles. The minimum Gasteiger partial charge on any atom is -0.325 e. The van der Waals surface area contributed by atoms with Gasteiger partial charge in [-0.3, -0.25) is 0 Å². The molecule has 0 spiro atoms. The van der Waals surface area contributed by atoms with Gasteiger partial charge in [0.25, 0.3) is 0 Å². The van der Waals surface area contributed by atoms with Crippen molar-refractivity contribution in [2.45, 2.75) is 24.8 Å². The van der Waals surface area contributed by atoms with E-state index in [9.17, 15) is 4.39 Å². The molecule has 1 aromatic carbocycles. The van der Waals surface area contributed by atoms with E-state index < -0.39 is 0 Å². The molecule has 2 rings (SSSR count). The van der Waals surface area contributed by atoms with Crippen LogP contribution in [0.15, 0.2) is 22.7 Å². The minimum atomic E-state index is -0.211. The standard InChI is InChI=1S/C10H11BrFN/c11-9-5-8(12)2-1-7(9)6-10(13)3-4-10/h1-2,5H,3-4,6,13H2. The quantitative estimate of drug-likeness (QED) is 0.850. The Morgan fingerprint density at radius 2 is 2.15 bits per heavy atom. The molecule has 0 bridgehead atoms. The van der Waals surface area contributed by atoms with Gasteiger partial charge in [-0.1, -0.05) is 22.0 Å². The molecular weight excluding hydrogens is 233 g/mol. The van der Waals surface area contributed by atoms with E-state index in [0.29, 0.717) is 0 Å². The topological polar surface area (TPSA) is 26.0 Å². The fourth-order valence-electron chi connectivity index (χ4n) is 1.38. The van der Waals surface area contributed by atoms with E-state index in [1.807, 2.05) is 0 Å². The van der Waals surface area contributed by atoms with Gasteiger partial charge in [0.05, 0.1) is 0 Å². The summed E-state index contributed by atoms with van der Waals surface area (Å²) in [4.78, 5) is 0. The maximum absolute atomic E-state index is 12.7. The zero-order chi connectivity index (χ0) is 9.47. The van der Waals surface area contributed by atoms with Gasteiger partial charge in [0, 0.05) is 10.0 Å². The van der Waals surface area contributed by atoms with E-state index in [1.54, 1.807) is 6.07 Å². The smallest absolute Gasteiger partial charge is 0.124 e. The van der Waals surface area contributed by atoms with Crippen LogP contribution in [0.4, 0.5) is 4.39 Å². The fraction of sp³-hybridized carbons (Fsp3) is 0.400. The van der Waals surface area contributed by atoms with Gasteiger partial charge < -0.3 is 5.73 Å². The third-order valence-corrected chi connectivity index (χ3v) is 3.19. The number of hydrogen-bond donors (Lipinski definition) is 1. The monoisotopic (exact) mass is 243 g/mol. The molecular formula is C10H11BrFN. The summed E-state index contributed by atoms with van der Waals surface area (Å²) in [7, 11) is 0. The van der Waals surface area contributed by atoms with Gasteiger partial charge in [-0.25, -0.2) is 4.39 Å². The van der Waals surface area contributed by atoms with Crippen molar-refractivity contribution in [2.75, 3.05) is 0 Å². The Labute approximate surface area is 85.3 Å². The molecule has 1 saturated carbocycles. The molecule has 0 amide bonds.